The van der Waals surface area contributed by atoms with E-state index in [9.17, 15) is 4.79 Å². The van der Waals surface area contributed by atoms with Crippen molar-refractivity contribution in [3.63, 3.8) is 0 Å². The predicted octanol–water partition coefficient (Wildman–Crippen LogP) is 3.40. The van der Waals surface area contributed by atoms with Crippen LogP contribution in [0.15, 0.2) is 24.3 Å². The van der Waals surface area contributed by atoms with Gasteiger partial charge < -0.3 is 10.4 Å². The minimum Gasteiger partial charge on any atom is -0.481 e. The van der Waals surface area contributed by atoms with Crippen LogP contribution in [0.5, 0.6) is 0 Å². The molecule has 19 heavy (non-hydrogen) atoms. The van der Waals surface area contributed by atoms with Gasteiger partial charge in [-0.1, -0.05) is 52.0 Å². The van der Waals surface area contributed by atoms with Crippen LogP contribution < -0.4 is 5.32 Å². The van der Waals surface area contributed by atoms with Crippen molar-refractivity contribution in [2.45, 2.75) is 46.6 Å². The largest absolute Gasteiger partial charge is 0.481 e. The van der Waals surface area contributed by atoms with Gasteiger partial charge in [-0.15, -0.1) is 0 Å². The Bertz CT molecular complexity index is 407. The van der Waals surface area contributed by atoms with Crippen LogP contribution in [0.1, 0.15) is 51.2 Å². The molecule has 0 atom stereocenters. The number of carbonyl (C=O) groups is 1. The number of hydrogen-bond donors (Lipinski definition) is 2. The molecule has 0 fully saturated rings. The summed E-state index contributed by atoms with van der Waals surface area (Å²) in [7, 11) is 0. The molecule has 0 amide bonds. The van der Waals surface area contributed by atoms with E-state index in [-0.39, 0.29) is 11.8 Å². The highest BCUT2D eigenvalue weighted by Crippen LogP contribution is 2.19. The first-order valence-electron chi connectivity index (χ1n) is 6.81. The molecule has 0 heterocycles. The zero-order valence-electron chi connectivity index (χ0n) is 12.4. The molecule has 3 nitrogen and oxygen atoms in total. The summed E-state index contributed by atoms with van der Waals surface area (Å²) in [6.45, 7) is 9.78. The molecule has 0 aromatic heterocycles. The Morgan fingerprint density at radius 2 is 1.84 bits per heavy atom. The number of nitrogens with one attached hydrogen (secondary N) is 1. The smallest absolute Gasteiger partial charge is 0.303 e. The van der Waals surface area contributed by atoms with Crippen molar-refractivity contribution >= 4 is 5.97 Å². The number of aliphatic carboxylic acids is 1. The normalized spacial score (nSPS) is 11.8. The van der Waals surface area contributed by atoms with E-state index >= 15 is 0 Å². The standard InChI is InChI=1S/C16H25NO2/c1-12(2)14-7-5-13(6-8-14)10-17-11-16(3,4)9-15(18)19/h5-8,12,17H,9-11H2,1-4H3,(H,18,19). The zero-order valence-corrected chi connectivity index (χ0v) is 12.4. The molecule has 0 spiro atoms. The summed E-state index contributed by atoms with van der Waals surface area (Å²) < 4.78 is 0. The second-order valence-corrected chi connectivity index (χ2v) is 6.23. The van der Waals surface area contributed by atoms with Gasteiger partial charge in [0.1, 0.15) is 0 Å². The lowest BCUT2D eigenvalue weighted by Gasteiger charge is -2.22. The second-order valence-electron chi connectivity index (χ2n) is 6.23. The lowest BCUT2D eigenvalue weighted by Crippen LogP contribution is -2.31. The summed E-state index contributed by atoms with van der Waals surface area (Å²) in [4.78, 5) is 10.7. The summed E-state index contributed by atoms with van der Waals surface area (Å²) in [5, 5.41) is 12.2. The molecule has 2 N–H and O–H groups in total. The lowest BCUT2D eigenvalue weighted by atomic mass is 9.89. The van der Waals surface area contributed by atoms with Gasteiger partial charge >= 0.3 is 5.97 Å². The van der Waals surface area contributed by atoms with Crippen LogP contribution >= 0.6 is 0 Å². The molecule has 3 heteroatoms. The average Bonchev–Trinajstić information content (AvgIpc) is 2.27. The lowest BCUT2D eigenvalue weighted by molar-refractivity contribution is -0.139. The van der Waals surface area contributed by atoms with Crippen molar-refractivity contribution in [3.8, 4) is 0 Å². The van der Waals surface area contributed by atoms with Gasteiger partial charge in [0.25, 0.3) is 0 Å². The average molecular weight is 263 g/mol. The molecule has 0 aliphatic carbocycles. The highest BCUT2D eigenvalue weighted by Gasteiger charge is 2.20. The van der Waals surface area contributed by atoms with Crippen molar-refractivity contribution in [1.82, 2.24) is 5.32 Å². The van der Waals surface area contributed by atoms with Crippen LogP contribution in [-0.4, -0.2) is 17.6 Å². The first-order valence-corrected chi connectivity index (χ1v) is 6.81. The summed E-state index contributed by atoms with van der Waals surface area (Å²) in [6, 6.07) is 8.58. The van der Waals surface area contributed by atoms with Gasteiger partial charge in [-0.25, -0.2) is 0 Å². The van der Waals surface area contributed by atoms with Crippen LogP contribution in [0.3, 0.4) is 0 Å². The van der Waals surface area contributed by atoms with E-state index in [0.29, 0.717) is 12.5 Å². The SMILES string of the molecule is CC(C)c1ccc(CNCC(C)(C)CC(=O)O)cc1. The first kappa shape index (κ1) is 15.7. The van der Waals surface area contributed by atoms with Crippen LogP contribution in [0.25, 0.3) is 0 Å². The molecule has 106 valence electrons. The first-order chi connectivity index (χ1) is 8.80. The van der Waals surface area contributed by atoms with E-state index in [0.717, 1.165) is 6.54 Å². The van der Waals surface area contributed by atoms with Gasteiger partial charge in [-0.05, 0) is 22.5 Å². The molecule has 0 aliphatic heterocycles. The number of benzene rings is 1. The fourth-order valence-corrected chi connectivity index (χ4v) is 2.04. The molecule has 0 unspecified atom stereocenters. The van der Waals surface area contributed by atoms with Gasteiger partial charge in [0.15, 0.2) is 0 Å². The molecule has 0 saturated heterocycles. The van der Waals surface area contributed by atoms with E-state index in [1.165, 1.54) is 11.1 Å². The van der Waals surface area contributed by atoms with E-state index in [2.05, 4.69) is 43.4 Å². The highest BCUT2D eigenvalue weighted by atomic mass is 16.4. The predicted molar refractivity (Wildman–Crippen MR) is 78.3 cm³/mol. The molecule has 1 aromatic carbocycles. The van der Waals surface area contributed by atoms with Crippen molar-refractivity contribution < 1.29 is 9.90 Å². The number of carboxylic acids is 1. The van der Waals surface area contributed by atoms with Crippen molar-refractivity contribution in [2.75, 3.05) is 6.54 Å². The summed E-state index contributed by atoms with van der Waals surface area (Å²) in [6.07, 6.45) is 0.187. The van der Waals surface area contributed by atoms with Crippen LogP contribution in [0.4, 0.5) is 0 Å². The second kappa shape index (κ2) is 6.71. The number of rotatable bonds is 7. The summed E-state index contributed by atoms with van der Waals surface area (Å²) in [5.41, 5.74) is 2.36. The highest BCUT2D eigenvalue weighted by molar-refractivity contribution is 5.67. The third-order valence-corrected chi connectivity index (χ3v) is 3.21. The molecule has 0 aliphatic rings. The molecule has 1 rings (SSSR count). The maximum absolute atomic E-state index is 10.7. The van der Waals surface area contributed by atoms with Crippen molar-refractivity contribution in [1.29, 1.82) is 0 Å². The van der Waals surface area contributed by atoms with Gasteiger partial charge in [-0.2, -0.15) is 0 Å². The van der Waals surface area contributed by atoms with Crippen LogP contribution in [-0.2, 0) is 11.3 Å². The van der Waals surface area contributed by atoms with E-state index in [4.69, 9.17) is 5.11 Å². The Morgan fingerprint density at radius 1 is 1.26 bits per heavy atom. The topological polar surface area (TPSA) is 49.3 Å². The molecular formula is C16H25NO2. The van der Waals surface area contributed by atoms with E-state index in [1.54, 1.807) is 0 Å². The number of carboxylic acid groups (broad SMARTS) is 1. The van der Waals surface area contributed by atoms with Gasteiger partial charge in [0, 0.05) is 13.1 Å². The molecule has 0 radical (unpaired) electrons. The summed E-state index contributed by atoms with van der Waals surface area (Å²) >= 11 is 0. The minimum atomic E-state index is -0.743. The minimum absolute atomic E-state index is 0.187. The van der Waals surface area contributed by atoms with E-state index < -0.39 is 5.97 Å². The Labute approximate surface area is 116 Å². The molecule has 0 saturated carbocycles. The summed E-state index contributed by atoms with van der Waals surface area (Å²) in [5.74, 6) is -0.190. The molecule has 1 aromatic rings. The van der Waals surface area contributed by atoms with Crippen molar-refractivity contribution in [2.24, 2.45) is 5.41 Å². The van der Waals surface area contributed by atoms with Crippen LogP contribution in [0, 0.1) is 5.41 Å². The Balaban J connectivity index is 2.42. The zero-order chi connectivity index (χ0) is 14.5. The Morgan fingerprint density at radius 3 is 2.32 bits per heavy atom. The quantitative estimate of drug-likeness (QED) is 0.792. The fourth-order valence-electron chi connectivity index (χ4n) is 2.04. The third-order valence-electron chi connectivity index (χ3n) is 3.21. The van der Waals surface area contributed by atoms with E-state index in [1.807, 2.05) is 13.8 Å². The maximum Gasteiger partial charge on any atom is 0.303 e. The molecular weight excluding hydrogens is 238 g/mol. The number of hydrogen-bond acceptors (Lipinski definition) is 2. The fraction of sp³-hybridized carbons (Fsp3) is 0.562. The van der Waals surface area contributed by atoms with Crippen LogP contribution in [0.2, 0.25) is 0 Å². The Kier molecular flexibility index (Phi) is 5.55. The van der Waals surface area contributed by atoms with Crippen molar-refractivity contribution in [3.05, 3.63) is 35.4 Å². The van der Waals surface area contributed by atoms with Gasteiger partial charge in [0.05, 0.1) is 6.42 Å². The Hall–Kier alpha value is -1.35. The third kappa shape index (κ3) is 5.88. The molecule has 0 bridgehead atoms. The van der Waals surface area contributed by atoms with Gasteiger partial charge in [0.2, 0.25) is 0 Å². The maximum atomic E-state index is 10.7. The monoisotopic (exact) mass is 263 g/mol. The van der Waals surface area contributed by atoms with Gasteiger partial charge in [-0.3, -0.25) is 4.79 Å².